The maximum Gasteiger partial charge on any atom is 0.234 e. The second-order valence-corrected chi connectivity index (χ2v) is 8.15. The van der Waals surface area contributed by atoms with Gasteiger partial charge in [-0.2, -0.15) is 0 Å². The zero-order valence-corrected chi connectivity index (χ0v) is 17.4. The van der Waals surface area contributed by atoms with Crippen LogP contribution in [0.1, 0.15) is 24.8 Å². The fraction of sp³-hybridized carbons (Fsp3) is 0.364. The van der Waals surface area contributed by atoms with Crippen molar-refractivity contribution in [2.75, 3.05) is 40.1 Å². The van der Waals surface area contributed by atoms with Crippen LogP contribution in [0.5, 0.6) is 0 Å². The fourth-order valence-electron chi connectivity index (χ4n) is 3.36. The summed E-state index contributed by atoms with van der Waals surface area (Å²) in [4.78, 5) is 26.6. The van der Waals surface area contributed by atoms with Crippen molar-refractivity contribution in [3.8, 4) is 0 Å². The molecule has 3 rings (SSSR count). The first kappa shape index (κ1) is 21.2. The predicted molar refractivity (Wildman–Crippen MR) is 118 cm³/mol. The minimum Gasteiger partial charge on any atom is -0.370 e. The molecule has 2 aromatic rings. The Labute approximate surface area is 175 Å². The summed E-state index contributed by atoms with van der Waals surface area (Å²) in [5, 5.41) is 5.62. The molecule has 0 aliphatic carbocycles. The average molecular weight is 416 g/mol. The first-order chi connectivity index (χ1) is 14.0. The van der Waals surface area contributed by atoms with Crippen molar-refractivity contribution in [1.82, 2.24) is 0 Å². The zero-order valence-electron chi connectivity index (χ0n) is 16.5. The molecule has 0 spiro atoms. The number of halogens is 1. The number of piperidine rings is 1. The highest BCUT2D eigenvalue weighted by molar-refractivity contribution is 8.00. The zero-order chi connectivity index (χ0) is 20.6. The number of rotatable bonds is 7. The van der Waals surface area contributed by atoms with Gasteiger partial charge in [0.2, 0.25) is 11.8 Å². The van der Waals surface area contributed by atoms with Gasteiger partial charge in [0.25, 0.3) is 0 Å². The van der Waals surface area contributed by atoms with Gasteiger partial charge in [0.05, 0.1) is 22.9 Å². The molecule has 1 fully saturated rings. The van der Waals surface area contributed by atoms with Crippen molar-refractivity contribution < 1.29 is 14.0 Å². The SMILES string of the molecule is Cc1cccc(NC(=O)CSCC(=O)Nc2cc(F)ccc2N2CCCCC2)c1. The van der Waals surface area contributed by atoms with Gasteiger partial charge in [-0.05, 0) is 62.1 Å². The number of hydrogen-bond donors (Lipinski definition) is 2. The molecule has 2 N–H and O–H groups in total. The maximum atomic E-state index is 13.7. The summed E-state index contributed by atoms with van der Waals surface area (Å²) in [6, 6.07) is 12.1. The number of nitrogens with zero attached hydrogens (tertiary/aromatic N) is 1. The molecule has 0 unspecified atom stereocenters. The summed E-state index contributed by atoms with van der Waals surface area (Å²) in [7, 11) is 0. The van der Waals surface area contributed by atoms with E-state index in [0.717, 1.165) is 42.9 Å². The van der Waals surface area contributed by atoms with Crippen molar-refractivity contribution in [2.45, 2.75) is 26.2 Å². The van der Waals surface area contributed by atoms with Gasteiger partial charge in [-0.3, -0.25) is 9.59 Å². The first-order valence-electron chi connectivity index (χ1n) is 9.80. The Kier molecular flexibility index (Phi) is 7.52. The van der Waals surface area contributed by atoms with Crippen molar-refractivity contribution in [3.05, 3.63) is 53.8 Å². The number of benzene rings is 2. The molecule has 1 heterocycles. The van der Waals surface area contributed by atoms with Gasteiger partial charge >= 0.3 is 0 Å². The lowest BCUT2D eigenvalue weighted by Crippen LogP contribution is -2.30. The van der Waals surface area contributed by atoms with Crippen LogP contribution in [0.2, 0.25) is 0 Å². The van der Waals surface area contributed by atoms with Gasteiger partial charge in [-0.1, -0.05) is 12.1 Å². The average Bonchev–Trinajstić information content (AvgIpc) is 2.69. The van der Waals surface area contributed by atoms with E-state index >= 15 is 0 Å². The molecule has 2 amide bonds. The normalized spacial score (nSPS) is 13.8. The molecule has 0 radical (unpaired) electrons. The largest absolute Gasteiger partial charge is 0.370 e. The molecule has 0 bridgehead atoms. The molecule has 154 valence electrons. The van der Waals surface area contributed by atoms with Gasteiger partial charge in [0.15, 0.2) is 0 Å². The Morgan fingerprint density at radius 2 is 1.72 bits per heavy atom. The van der Waals surface area contributed by atoms with Crippen LogP contribution < -0.4 is 15.5 Å². The van der Waals surface area contributed by atoms with E-state index in [2.05, 4.69) is 15.5 Å². The lowest BCUT2D eigenvalue weighted by molar-refractivity contribution is -0.114. The summed E-state index contributed by atoms with van der Waals surface area (Å²) < 4.78 is 13.7. The number of aryl methyl sites for hydroxylation is 1. The summed E-state index contributed by atoms with van der Waals surface area (Å²) in [6.07, 6.45) is 3.38. The van der Waals surface area contributed by atoms with E-state index in [1.54, 1.807) is 6.07 Å². The van der Waals surface area contributed by atoms with Crippen LogP contribution in [0.15, 0.2) is 42.5 Å². The second kappa shape index (κ2) is 10.3. The number of anilines is 3. The molecule has 7 heteroatoms. The van der Waals surface area contributed by atoms with Crippen LogP contribution in [-0.2, 0) is 9.59 Å². The number of carbonyl (C=O) groups excluding carboxylic acids is 2. The van der Waals surface area contributed by atoms with Gasteiger partial charge < -0.3 is 15.5 Å². The summed E-state index contributed by atoms with van der Waals surface area (Å²) in [5.74, 6) is -0.498. The van der Waals surface area contributed by atoms with Gasteiger partial charge in [-0.15, -0.1) is 11.8 Å². The summed E-state index contributed by atoms with van der Waals surface area (Å²) >= 11 is 1.23. The van der Waals surface area contributed by atoms with Gasteiger partial charge in [0, 0.05) is 18.8 Å². The number of amides is 2. The van der Waals surface area contributed by atoms with Crippen LogP contribution in [0, 0.1) is 12.7 Å². The molecule has 1 aliphatic rings. The highest BCUT2D eigenvalue weighted by Crippen LogP contribution is 2.29. The monoisotopic (exact) mass is 415 g/mol. The lowest BCUT2D eigenvalue weighted by Gasteiger charge is -2.30. The standard InChI is InChI=1S/C22H26FN3O2S/c1-16-6-5-7-18(12-16)24-21(27)14-29-15-22(28)25-19-13-17(23)8-9-20(19)26-10-3-2-4-11-26/h5-9,12-13H,2-4,10-11,14-15H2,1H3,(H,24,27)(H,25,28). The molecular weight excluding hydrogens is 389 g/mol. The van der Waals surface area contributed by atoms with Gasteiger partial charge in [-0.25, -0.2) is 4.39 Å². The van der Waals surface area contributed by atoms with Crippen molar-refractivity contribution >= 4 is 40.6 Å². The van der Waals surface area contributed by atoms with E-state index < -0.39 is 0 Å². The minimum absolute atomic E-state index is 0.122. The molecule has 2 aromatic carbocycles. The Morgan fingerprint density at radius 1 is 1.00 bits per heavy atom. The minimum atomic E-state index is -0.383. The third-order valence-electron chi connectivity index (χ3n) is 4.70. The first-order valence-corrected chi connectivity index (χ1v) is 11.0. The predicted octanol–water partition coefficient (Wildman–Crippen LogP) is 4.43. The van der Waals surface area contributed by atoms with E-state index in [-0.39, 0.29) is 29.1 Å². The molecule has 1 aliphatic heterocycles. The Balaban J connectivity index is 1.50. The van der Waals surface area contributed by atoms with E-state index in [4.69, 9.17) is 0 Å². The fourth-order valence-corrected chi connectivity index (χ4v) is 3.98. The quantitative estimate of drug-likeness (QED) is 0.702. The van der Waals surface area contributed by atoms with Crippen LogP contribution in [0.4, 0.5) is 21.5 Å². The van der Waals surface area contributed by atoms with Crippen molar-refractivity contribution in [3.63, 3.8) is 0 Å². The summed E-state index contributed by atoms with van der Waals surface area (Å²) in [6.45, 7) is 3.77. The summed E-state index contributed by atoms with van der Waals surface area (Å²) in [5.41, 5.74) is 3.14. The molecule has 29 heavy (non-hydrogen) atoms. The third-order valence-corrected chi connectivity index (χ3v) is 5.63. The van der Waals surface area contributed by atoms with E-state index in [1.807, 2.05) is 31.2 Å². The lowest BCUT2D eigenvalue weighted by atomic mass is 10.1. The Hall–Kier alpha value is -2.54. The van der Waals surface area contributed by atoms with Crippen LogP contribution in [0.25, 0.3) is 0 Å². The van der Waals surface area contributed by atoms with E-state index in [9.17, 15) is 14.0 Å². The number of nitrogens with one attached hydrogen (secondary N) is 2. The Bertz CT molecular complexity index is 869. The molecule has 5 nitrogen and oxygen atoms in total. The highest BCUT2D eigenvalue weighted by atomic mass is 32.2. The number of carbonyl (C=O) groups is 2. The second-order valence-electron chi connectivity index (χ2n) is 7.17. The highest BCUT2D eigenvalue weighted by Gasteiger charge is 2.17. The number of thioether (sulfide) groups is 1. The molecule has 1 saturated heterocycles. The molecule has 0 atom stereocenters. The molecular formula is C22H26FN3O2S. The van der Waals surface area contributed by atoms with Crippen LogP contribution in [-0.4, -0.2) is 36.4 Å². The smallest absolute Gasteiger partial charge is 0.234 e. The van der Waals surface area contributed by atoms with Gasteiger partial charge in [0.1, 0.15) is 5.82 Å². The van der Waals surface area contributed by atoms with Crippen LogP contribution in [0.3, 0.4) is 0 Å². The van der Waals surface area contributed by atoms with E-state index in [0.29, 0.717) is 5.69 Å². The molecule has 0 saturated carbocycles. The van der Waals surface area contributed by atoms with E-state index in [1.165, 1.54) is 30.3 Å². The Morgan fingerprint density at radius 3 is 2.45 bits per heavy atom. The topological polar surface area (TPSA) is 61.4 Å². The maximum absolute atomic E-state index is 13.7. The van der Waals surface area contributed by atoms with Crippen molar-refractivity contribution in [1.29, 1.82) is 0 Å². The molecule has 0 aromatic heterocycles. The van der Waals surface area contributed by atoms with Crippen molar-refractivity contribution in [2.24, 2.45) is 0 Å². The van der Waals surface area contributed by atoms with Crippen LogP contribution >= 0.6 is 11.8 Å². The third kappa shape index (κ3) is 6.49. The number of hydrogen-bond acceptors (Lipinski definition) is 4.